The first kappa shape index (κ1) is 13.0. The van der Waals surface area contributed by atoms with Crippen LogP contribution in [0, 0.1) is 6.92 Å². The van der Waals surface area contributed by atoms with Crippen molar-refractivity contribution in [1.29, 1.82) is 0 Å². The lowest BCUT2D eigenvalue weighted by Gasteiger charge is -2.12. The van der Waals surface area contributed by atoms with Crippen LogP contribution in [-0.4, -0.2) is 29.4 Å². The largest absolute Gasteiger partial charge is 0.474 e. The van der Waals surface area contributed by atoms with Crippen molar-refractivity contribution < 1.29 is 4.74 Å². The van der Waals surface area contributed by atoms with E-state index in [1.807, 2.05) is 13.0 Å². The molecule has 1 heterocycles. The Morgan fingerprint density at radius 2 is 2.31 bits per heavy atom. The summed E-state index contributed by atoms with van der Waals surface area (Å²) >= 11 is 0. The quantitative estimate of drug-likeness (QED) is 0.667. The molecule has 1 unspecified atom stereocenters. The molecule has 0 spiro atoms. The van der Waals surface area contributed by atoms with Crippen molar-refractivity contribution in [2.75, 3.05) is 13.1 Å². The molecule has 1 atom stereocenters. The van der Waals surface area contributed by atoms with Gasteiger partial charge in [0.05, 0.1) is 6.10 Å². The van der Waals surface area contributed by atoms with Crippen molar-refractivity contribution in [3.63, 3.8) is 0 Å². The summed E-state index contributed by atoms with van der Waals surface area (Å²) in [5.74, 6) is 0.700. The zero-order valence-corrected chi connectivity index (χ0v) is 10.5. The molecule has 2 N–H and O–H groups in total. The number of nitrogens with zero attached hydrogens (tertiary/aromatic N) is 1. The summed E-state index contributed by atoms with van der Waals surface area (Å²) in [5, 5.41) is 10.3. The molecule has 0 amide bonds. The fourth-order valence-corrected chi connectivity index (χ4v) is 1.53. The molecule has 0 aliphatic rings. The Balaban J connectivity index is 2.09. The highest BCUT2D eigenvalue weighted by atomic mass is 16.5. The second kappa shape index (κ2) is 7.28. The topological polar surface area (TPSA) is 49.9 Å². The van der Waals surface area contributed by atoms with Crippen molar-refractivity contribution in [2.45, 2.75) is 46.1 Å². The Kier molecular flexibility index (Phi) is 5.93. The lowest BCUT2D eigenvalue weighted by molar-refractivity contribution is 0.199. The van der Waals surface area contributed by atoms with Crippen molar-refractivity contribution in [3.8, 4) is 5.88 Å². The van der Waals surface area contributed by atoms with Gasteiger partial charge >= 0.3 is 0 Å². The number of hydrogen-bond acceptors (Lipinski definition) is 3. The summed E-state index contributed by atoms with van der Waals surface area (Å²) in [7, 11) is 0. The van der Waals surface area contributed by atoms with E-state index in [0.29, 0.717) is 5.88 Å². The third-order valence-corrected chi connectivity index (χ3v) is 2.40. The summed E-state index contributed by atoms with van der Waals surface area (Å²) in [6.45, 7) is 8.41. The number of ether oxygens (including phenoxy) is 1. The molecule has 0 radical (unpaired) electrons. The molecular formula is C12H23N3O. The van der Waals surface area contributed by atoms with E-state index in [-0.39, 0.29) is 6.10 Å². The summed E-state index contributed by atoms with van der Waals surface area (Å²) < 4.78 is 5.67. The van der Waals surface area contributed by atoms with Gasteiger partial charge in [0, 0.05) is 11.8 Å². The number of hydrogen-bond donors (Lipinski definition) is 2. The number of aryl methyl sites for hydroxylation is 1. The summed E-state index contributed by atoms with van der Waals surface area (Å²) in [6.07, 6.45) is 3.62. The minimum atomic E-state index is 0.228. The molecule has 1 aromatic heterocycles. The standard InChI is InChI=1S/C12H23N3O/c1-4-7-13-8-5-6-11(3)16-12-9-10(2)14-15-12/h9,11,13H,4-8H2,1-3H3,(H,14,15). The monoisotopic (exact) mass is 225 g/mol. The number of aromatic nitrogens is 2. The van der Waals surface area contributed by atoms with Crippen molar-refractivity contribution in [1.82, 2.24) is 15.5 Å². The van der Waals surface area contributed by atoms with Gasteiger partial charge < -0.3 is 10.1 Å². The molecule has 4 nitrogen and oxygen atoms in total. The van der Waals surface area contributed by atoms with E-state index in [9.17, 15) is 0 Å². The maximum Gasteiger partial charge on any atom is 0.232 e. The van der Waals surface area contributed by atoms with Gasteiger partial charge in [0.2, 0.25) is 5.88 Å². The molecule has 0 bridgehead atoms. The zero-order valence-electron chi connectivity index (χ0n) is 10.5. The van der Waals surface area contributed by atoms with Crippen LogP contribution in [0.25, 0.3) is 0 Å². The van der Waals surface area contributed by atoms with E-state index in [0.717, 1.165) is 31.6 Å². The van der Waals surface area contributed by atoms with Gasteiger partial charge in [0.25, 0.3) is 0 Å². The molecule has 1 rings (SSSR count). The highest BCUT2D eigenvalue weighted by molar-refractivity contribution is 5.12. The fourth-order valence-electron chi connectivity index (χ4n) is 1.53. The highest BCUT2D eigenvalue weighted by Crippen LogP contribution is 2.11. The third-order valence-electron chi connectivity index (χ3n) is 2.40. The van der Waals surface area contributed by atoms with Gasteiger partial charge in [-0.2, -0.15) is 0 Å². The Labute approximate surface area is 97.8 Å². The second-order valence-electron chi connectivity index (χ2n) is 4.21. The van der Waals surface area contributed by atoms with Crippen LogP contribution >= 0.6 is 0 Å². The second-order valence-corrected chi connectivity index (χ2v) is 4.21. The van der Waals surface area contributed by atoms with Crippen molar-refractivity contribution >= 4 is 0 Å². The normalized spacial score (nSPS) is 12.7. The van der Waals surface area contributed by atoms with Crippen LogP contribution in [0.5, 0.6) is 5.88 Å². The lowest BCUT2D eigenvalue weighted by Crippen LogP contribution is -2.19. The summed E-state index contributed by atoms with van der Waals surface area (Å²) in [5.41, 5.74) is 1.03. The molecule has 92 valence electrons. The maximum absolute atomic E-state index is 5.67. The predicted molar refractivity (Wildman–Crippen MR) is 65.8 cm³/mol. The van der Waals surface area contributed by atoms with Gasteiger partial charge in [-0.3, -0.25) is 5.10 Å². The predicted octanol–water partition coefficient (Wildman–Crippen LogP) is 2.27. The van der Waals surface area contributed by atoms with Crippen LogP contribution < -0.4 is 10.1 Å². The fraction of sp³-hybridized carbons (Fsp3) is 0.750. The van der Waals surface area contributed by atoms with Crippen LogP contribution in [0.1, 0.15) is 38.8 Å². The van der Waals surface area contributed by atoms with Gasteiger partial charge in [-0.25, -0.2) is 0 Å². The molecule has 1 aromatic rings. The average molecular weight is 225 g/mol. The van der Waals surface area contributed by atoms with Crippen molar-refractivity contribution in [2.24, 2.45) is 0 Å². The molecule has 0 saturated carbocycles. The molecule has 4 heteroatoms. The SMILES string of the molecule is CCCNCCCC(C)Oc1cc(C)[nH]n1. The molecular weight excluding hydrogens is 202 g/mol. The Morgan fingerprint density at radius 3 is 2.94 bits per heavy atom. The Hall–Kier alpha value is -1.03. The van der Waals surface area contributed by atoms with Crippen LogP contribution in [0.15, 0.2) is 6.07 Å². The molecule has 0 saturated heterocycles. The van der Waals surface area contributed by atoms with Crippen molar-refractivity contribution in [3.05, 3.63) is 11.8 Å². The summed E-state index contributed by atoms with van der Waals surface area (Å²) in [6, 6.07) is 1.92. The van der Waals surface area contributed by atoms with E-state index in [2.05, 4.69) is 29.4 Å². The maximum atomic E-state index is 5.67. The molecule has 0 aliphatic heterocycles. The first-order valence-electron chi connectivity index (χ1n) is 6.11. The molecule has 16 heavy (non-hydrogen) atoms. The Bertz CT molecular complexity index is 286. The first-order chi connectivity index (χ1) is 7.72. The Morgan fingerprint density at radius 1 is 1.50 bits per heavy atom. The van der Waals surface area contributed by atoms with Gasteiger partial charge in [0.1, 0.15) is 0 Å². The average Bonchev–Trinajstić information content (AvgIpc) is 2.63. The number of H-pyrrole nitrogens is 1. The molecule has 0 fully saturated rings. The number of rotatable bonds is 8. The van der Waals surface area contributed by atoms with Gasteiger partial charge in [-0.15, -0.1) is 5.10 Å². The van der Waals surface area contributed by atoms with Crippen LogP contribution in [0.3, 0.4) is 0 Å². The lowest BCUT2D eigenvalue weighted by atomic mass is 10.2. The first-order valence-corrected chi connectivity index (χ1v) is 6.11. The van der Waals surface area contributed by atoms with Crippen LogP contribution in [0.4, 0.5) is 0 Å². The van der Waals surface area contributed by atoms with Crippen LogP contribution in [0.2, 0.25) is 0 Å². The van der Waals surface area contributed by atoms with Gasteiger partial charge in [-0.1, -0.05) is 6.92 Å². The van der Waals surface area contributed by atoms with Crippen LogP contribution in [-0.2, 0) is 0 Å². The van der Waals surface area contributed by atoms with E-state index >= 15 is 0 Å². The van der Waals surface area contributed by atoms with E-state index < -0.39 is 0 Å². The summed E-state index contributed by atoms with van der Waals surface area (Å²) in [4.78, 5) is 0. The minimum Gasteiger partial charge on any atom is -0.474 e. The third kappa shape index (κ3) is 5.16. The zero-order chi connectivity index (χ0) is 11.8. The smallest absolute Gasteiger partial charge is 0.232 e. The number of nitrogens with one attached hydrogen (secondary N) is 2. The van der Waals surface area contributed by atoms with E-state index in [1.165, 1.54) is 6.42 Å². The van der Waals surface area contributed by atoms with E-state index in [4.69, 9.17) is 4.74 Å². The highest BCUT2D eigenvalue weighted by Gasteiger charge is 2.05. The van der Waals surface area contributed by atoms with Gasteiger partial charge in [0.15, 0.2) is 0 Å². The minimum absolute atomic E-state index is 0.228. The molecule has 0 aliphatic carbocycles. The number of aromatic amines is 1. The molecule has 0 aromatic carbocycles. The van der Waals surface area contributed by atoms with Gasteiger partial charge in [-0.05, 0) is 46.2 Å². The van der Waals surface area contributed by atoms with E-state index in [1.54, 1.807) is 0 Å².